The van der Waals surface area contributed by atoms with Crippen molar-refractivity contribution in [3.05, 3.63) is 28.3 Å². The van der Waals surface area contributed by atoms with Gasteiger partial charge in [-0.05, 0) is 33.1 Å². The number of hydrogen-bond acceptors (Lipinski definition) is 5. The third kappa shape index (κ3) is 3.84. The Morgan fingerprint density at radius 3 is 2.55 bits per heavy atom. The molecule has 1 aromatic carbocycles. The topological polar surface area (TPSA) is 87.6 Å². The first kappa shape index (κ1) is 14.6. The van der Waals surface area contributed by atoms with Crippen LogP contribution in [0.2, 0.25) is 0 Å². The molecule has 1 saturated carbocycles. The van der Waals surface area contributed by atoms with Crippen molar-refractivity contribution in [1.82, 2.24) is 0 Å². The van der Waals surface area contributed by atoms with Crippen molar-refractivity contribution in [2.45, 2.75) is 51.4 Å². The first-order valence-electron chi connectivity index (χ1n) is 6.82. The lowest BCUT2D eigenvalue weighted by molar-refractivity contribution is -0.385. The molecule has 2 N–H and O–H groups in total. The van der Waals surface area contributed by atoms with E-state index in [1.165, 1.54) is 12.1 Å². The van der Waals surface area contributed by atoms with Crippen molar-refractivity contribution >= 4 is 5.69 Å². The molecule has 0 heterocycles. The first-order valence-corrected chi connectivity index (χ1v) is 6.82. The zero-order valence-corrected chi connectivity index (χ0v) is 11.7. The first-order chi connectivity index (χ1) is 9.44. The Labute approximate surface area is 118 Å². The molecule has 6 heteroatoms. The standard InChI is InChI=1S/C14H20N2O4/c1-9(2)19-13-6-11(16(17)18)7-14(8-13)20-12-4-3-10(15)5-12/h6-10,12H,3-5,15H2,1-2H3. The van der Waals surface area contributed by atoms with Gasteiger partial charge in [0.15, 0.2) is 0 Å². The Hall–Kier alpha value is -1.82. The summed E-state index contributed by atoms with van der Waals surface area (Å²) in [6, 6.07) is 4.69. The zero-order chi connectivity index (χ0) is 14.7. The molecular weight excluding hydrogens is 260 g/mol. The largest absolute Gasteiger partial charge is 0.491 e. The number of rotatable bonds is 5. The van der Waals surface area contributed by atoms with E-state index in [0.29, 0.717) is 11.5 Å². The minimum absolute atomic E-state index is 0.0268. The van der Waals surface area contributed by atoms with Crippen LogP contribution in [-0.2, 0) is 0 Å². The molecule has 0 amide bonds. The molecule has 0 aromatic heterocycles. The third-order valence-electron chi connectivity index (χ3n) is 3.18. The molecule has 2 rings (SSSR count). The summed E-state index contributed by atoms with van der Waals surface area (Å²) < 4.78 is 11.3. The van der Waals surface area contributed by atoms with E-state index in [1.54, 1.807) is 6.07 Å². The fraction of sp³-hybridized carbons (Fsp3) is 0.571. The van der Waals surface area contributed by atoms with E-state index in [9.17, 15) is 10.1 Å². The highest BCUT2D eigenvalue weighted by atomic mass is 16.6. The lowest BCUT2D eigenvalue weighted by atomic mass is 10.2. The molecule has 0 aliphatic heterocycles. The molecule has 0 radical (unpaired) electrons. The predicted octanol–water partition coefficient (Wildman–Crippen LogP) is 2.64. The molecule has 2 unspecified atom stereocenters. The molecule has 0 spiro atoms. The Bertz CT molecular complexity index is 490. The lowest BCUT2D eigenvalue weighted by Gasteiger charge is -2.15. The van der Waals surface area contributed by atoms with Crippen LogP contribution in [0.4, 0.5) is 5.69 Å². The number of nitrogens with zero attached hydrogens (tertiary/aromatic N) is 1. The quantitative estimate of drug-likeness (QED) is 0.661. The van der Waals surface area contributed by atoms with E-state index >= 15 is 0 Å². The Kier molecular flexibility index (Phi) is 4.44. The van der Waals surface area contributed by atoms with Crippen LogP contribution >= 0.6 is 0 Å². The van der Waals surface area contributed by atoms with Gasteiger partial charge in [-0.25, -0.2) is 0 Å². The van der Waals surface area contributed by atoms with Gasteiger partial charge < -0.3 is 15.2 Å². The van der Waals surface area contributed by atoms with Crippen molar-refractivity contribution in [2.24, 2.45) is 5.73 Å². The van der Waals surface area contributed by atoms with E-state index in [0.717, 1.165) is 19.3 Å². The Morgan fingerprint density at radius 2 is 2.00 bits per heavy atom. The van der Waals surface area contributed by atoms with Gasteiger partial charge in [-0.1, -0.05) is 0 Å². The second-order valence-corrected chi connectivity index (χ2v) is 5.40. The Balaban J connectivity index is 2.17. The van der Waals surface area contributed by atoms with E-state index in [4.69, 9.17) is 15.2 Å². The lowest BCUT2D eigenvalue weighted by Crippen LogP contribution is -2.19. The fourth-order valence-electron chi connectivity index (χ4n) is 2.34. The summed E-state index contributed by atoms with van der Waals surface area (Å²) in [6.07, 6.45) is 2.56. The summed E-state index contributed by atoms with van der Waals surface area (Å²) in [4.78, 5) is 10.5. The van der Waals surface area contributed by atoms with Crippen LogP contribution < -0.4 is 15.2 Å². The number of non-ortho nitro benzene ring substituents is 1. The van der Waals surface area contributed by atoms with Gasteiger partial charge in [-0.15, -0.1) is 0 Å². The van der Waals surface area contributed by atoms with E-state index < -0.39 is 4.92 Å². The second kappa shape index (κ2) is 6.09. The molecule has 2 atom stereocenters. The minimum Gasteiger partial charge on any atom is -0.491 e. The smallest absolute Gasteiger partial charge is 0.276 e. The number of benzene rings is 1. The van der Waals surface area contributed by atoms with Gasteiger partial charge in [0.25, 0.3) is 5.69 Å². The summed E-state index contributed by atoms with van der Waals surface area (Å²) in [6.45, 7) is 3.74. The highest BCUT2D eigenvalue weighted by Crippen LogP contribution is 2.31. The third-order valence-corrected chi connectivity index (χ3v) is 3.18. The summed E-state index contributed by atoms with van der Waals surface area (Å²) in [7, 11) is 0. The highest BCUT2D eigenvalue weighted by Gasteiger charge is 2.24. The number of ether oxygens (including phenoxy) is 2. The van der Waals surface area contributed by atoms with Crippen LogP contribution in [0, 0.1) is 10.1 Å². The molecule has 20 heavy (non-hydrogen) atoms. The summed E-state index contributed by atoms with van der Waals surface area (Å²) >= 11 is 0. The predicted molar refractivity (Wildman–Crippen MR) is 75.1 cm³/mol. The van der Waals surface area contributed by atoms with Gasteiger partial charge in [-0.3, -0.25) is 10.1 Å². The zero-order valence-electron chi connectivity index (χ0n) is 11.7. The van der Waals surface area contributed by atoms with Crippen LogP contribution in [0.15, 0.2) is 18.2 Å². The van der Waals surface area contributed by atoms with Crippen LogP contribution in [-0.4, -0.2) is 23.2 Å². The van der Waals surface area contributed by atoms with E-state index in [-0.39, 0.29) is 23.9 Å². The molecule has 0 bridgehead atoms. The van der Waals surface area contributed by atoms with Gasteiger partial charge in [0.05, 0.1) is 23.2 Å². The van der Waals surface area contributed by atoms with Crippen LogP contribution in [0.25, 0.3) is 0 Å². The molecule has 1 fully saturated rings. The van der Waals surface area contributed by atoms with Crippen LogP contribution in [0.3, 0.4) is 0 Å². The summed E-state index contributed by atoms with van der Waals surface area (Å²) in [5.41, 5.74) is 5.81. The SMILES string of the molecule is CC(C)Oc1cc(OC2CCC(N)C2)cc([N+](=O)[O-])c1. The molecule has 110 valence electrons. The Morgan fingerprint density at radius 1 is 1.30 bits per heavy atom. The number of nitro benzene ring substituents is 1. The molecule has 1 aromatic rings. The summed E-state index contributed by atoms with van der Waals surface area (Å²) in [5, 5.41) is 11.0. The molecule has 6 nitrogen and oxygen atoms in total. The molecular formula is C14H20N2O4. The van der Waals surface area contributed by atoms with Crippen molar-refractivity contribution < 1.29 is 14.4 Å². The van der Waals surface area contributed by atoms with Crippen LogP contribution in [0.5, 0.6) is 11.5 Å². The van der Waals surface area contributed by atoms with Gasteiger partial charge in [0.1, 0.15) is 17.6 Å². The van der Waals surface area contributed by atoms with Crippen molar-refractivity contribution in [1.29, 1.82) is 0 Å². The van der Waals surface area contributed by atoms with Gasteiger partial charge >= 0.3 is 0 Å². The maximum absolute atomic E-state index is 11.0. The number of nitro groups is 1. The van der Waals surface area contributed by atoms with Crippen LogP contribution in [0.1, 0.15) is 33.1 Å². The number of hydrogen-bond donors (Lipinski definition) is 1. The second-order valence-electron chi connectivity index (χ2n) is 5.40. The minimum atomic E-state index is -0.444. The normalized spacial score (nSPS) is 22.0. The molecule has 0 saturated heterocycles. The van der Waals surface area contributed by atoms with Gasteiger partial charge in [0.2, 0.25) is 0 Å². The maximum atomic E-state index is 11.0. The maximum Gasteiger partial charge on any atom is 0.276 e. The van der Waals surface area contributed by atoms with Gasteiger partial charge in [-0.2, -0.15) is 0 Å². The van der Waals surface area contributed by atoms with Crippen molar-refractivity contribution in [2.75, 3.05) is 0 Å². The average Bonchev–Trinajstić information content (AvgIpc) is 2.73. The fourth-order valence-corrected chi connectivity index (χ4v) is 2.34. The van der Waals surface area contributed by atoms with Crippen molar-refractivity contribution in [3.8, 4) is 11.5 Å². The monoisotopic (exact) mass is 280 g/mol. The van der Waals surface area contributed by atoms with E-state index in [2.05, 4.69) is 0 Å². The van der Waals surface area contributed by atoms with E-state index in [1.807, 2.05) is 13.8 Å². The summed E-state index contributed by atoms with van der Waals surface area (Å²) in [5.74, 6) is 0.917. The van der Waals surface area contributed by atoms with Crippen molar-refractivity contribution in [3.63, 3.8) is 0 Å². The highest BCUT2D eigenvalue weighted by molar-refractivity contribution is 5.46. The molecule has 1 aliphatic rings. The number of nitrogens with two attached hydrogens (primary N) is 1. The van der Waals surface area contributed by atoms with Gasteiger partial charge in [0, 0.05) is 12.1 Å². The molecule has 1 aliphatic carbocycles. The average molecular weight is 280 g/mol.